The van der Waals surface area contributed by atoms with Gasteiger partial charge in [0.2, 0.25) is 5.82 Å². The van der Waals surface area contributed by atoms with Crippen LogP contribution in [0.2, 0.25) is 0 Å². The molecule has 0 spiro atoms. The van der Waals surface area contributed by atoms with Crippen LogP contribution in [0.25, 0.3) is 0 Å². The first-order valence-corrected chi connectivity index (χ1v) is 4.98. The van der Waals surface area contributed by atoms with E-state index in [1.807, 2.05) is 5.32 Å². The molecule has 1 aromatic rings. The Hall–Kier alpha value is -1.86. The highest BCUT2D eigenvalue weighted by atomic mass is 19.2. The molecule has 0 bridgehead atoms. The number of anilines is 1. The van der Waals surface area contributed by atoms with Crippen LogP contribution >= 0.6 is 0 Å². The van der Waals surface area contributed by atoms with Crippen LogP contribution in [0.15, 0.2) is 4.99 Å². The number of nitrogens with one attached hydrogen (secondary N) is 1. The van der Waals surface area contributed by atoms with Crippen LogP contribution in [0.1, 0.15) is 13.3 Å². The lowest BCUT2D eigenvalue weighted by atomic mass is 10.2. The van der Waals surface area contributed by atoms with E-state index < -0.39 is 40.7 Å². The zero-order valence-electron chi connectivity index (χ0n) is 9.33. The third-order valence-electron chi connectivity index (χ3n) is 1.97. The van der Waals surface area contributed by atoms with E-state index in [1.54, 1.807) is 6.92 Å². The first-order valence-electron chi connectivity index (χ1n) is 4.98. The van der Waals surface area contributed by atoms with Gasteiger partial charge in [-0.1, -0.05) is 6.92 Å². The van der Waals surface area contributed by atoms with Gasteiger partial charge in [0.15, 0.2) is 29.2 Å². The number of nitrogens with two attached hydrogens (primary N) is 1. The van der Waals surface area contributed by atoms with Crippen molar-refractivity contribution in [3.05, 3.63) is 29.1 Å². The number of benzene rings is 1. The van der Waals surface area contributed by atoms with Crippen LogP contribution in [-0.2, 0) is 0 Å². The van der Waals surface area contributed by atoms with E-state index in [-0.39, 0.29) is 6.54 Å². The number of halogens is 5. The summed E-state index contributed by atoms with van der Waals surface area (Å²) in [6, 6.07) is 0. The summed E-state index contributed by atoms with van der Waals surface area (Å²) in [5, 5.41) is 1.85. The minimum absolute atomic E-state index is 0.258. The van der Waals surface area contributed by atoms with Gasteiger partial charge in [0.1, 0.15) is 5.69 Å². The lowest BCUT2D eigenvalue weighted by Gasteiger charge is -2.09. The number of hydrogen-bond acceptors (Lipinski definition) is 1. The van der Waals surface area contributed by atoms with Crippen molar-refractivity contribution in [3.8, 4) is 0 Å². The molecular weight excluding hydrogens is 257 g/mol. The topological polar surface area (TPSA) is 50.4 Å². The average molecular weight is 267 g/mol. The highest BCUT2D eigenvalue weighted by Gasteiger charge is 2.25. The Labute approximate surface area is 99.5 Å². The molecule has 0 aromatic heterocycles. The molecule has 0 aliphatic heterocycles. The van der Waals surface area contributed by atoms with Crippen molar-refractivity contribution < 1.29 is 22.0 Å². The van der Waals surface area contributed by atoms with Gasteiger partial charge in [-0.15, -0.1) is 0 Å². The number of nitrogens with zero attached hydrogens (tertiary/aromatic N) is 1. The van der Waals surface area contributed by atoms with Crippen molar-refractivity contribution in [1.82, 2.24) is 0 Å². The summed E-state index contributed by atoms with van der Waals surface area (Å²) < 4.78 is 64.7. The van der Waals surface area contributed by atoms with Gasteiger partial charge in [0.25, 0.3) is 0 Å². The predicted molar refractivity (Wildman–Crippen MR) is 56.6 cm³/mol. The smallest absolute Gasteiger partial charge is 0.200 e. The molecule has 0 aliphatic carbocycles. The van der Waals surface area contributed by atoms with Gasteiger partial charge >= 0.3 is 0 Å². The van der Waals surface area contributed by atoms with Crippen molar-refractivity contribution in [2.45, 2.75) is 13.3 Å². The summed E-state index contributed by atoms with van der Waals surface area (Å²) in [6.07, 6.45) is 0.611. The van der Waals surface area contributed by atoms with E-state index in [1.165, 1.54) is 0 Å². The summed E-state index contributed by atoms with van der Waals surface area (Å²) in [5.41, 5.74) is 4.02. The van der Waals surface area contributed by atoms with Gasteiger partial charge < -0.3 is 11.1 Å². The molecule has 0 fully saturated rings. The van der Waals surface area contributed by atoms with Crippen LogP contribution in [0, 0.1) is 29.1 Å². The lowest BCUT2D eigenvalue weighted by molar-refractivity contribution is 0.382. The van der Waals surface area contributed by atoms with E-state index in [2.05, 4.69) is 4.99 Å². The fourth-order valence-corrected chi connectivity index (χ4v) is 1.11. The van der Waals surface area contributed by atoms with E-state index in [9.17, 15) is 22.0 Å². The van der Waals surface area contributed by atoms with Gasteiger partial charge in [0.05, 0.1) is 0 Å². The molecule has 0 atom stereocenters. The summed E-state index contributed by atoms with van der Waals surface area (Å²) >= 11 is 0. The zero-order valence-corrected chi connectivity index (χ0v) is 9.33. The van der Waals surface area contributed by atoms with Gasteiger partial charge in [0, 0.05) is 6.54 Å². The SMILES string of the molecule is CCCN=C(N)Nc1c(F)c(F)c(F)c(F)c1F. The Bertz CT molecular complexity index is 458. The molecule has 8 heteroatoms. The molecule has 0 heterocycles. The van der Waals surface area contributed by atoms with Crippen LogP contribution < -0.4 is 11.1 Å². The summed E-state index contributed by atoms with van der Waals surface area (Å²) in [4.78, 5) is 3.61. The highest BCUT2D eigenvalue weighted by Crippen LogP contribution is 2.26. The van der Waals surface area contributed by atoms with Gasteiger partial charge in [-0.2, -0.15) is 0 Å². The predicted octanol–water partition coefficient (Wildman–Crippen LogP) is 2.52. The Morgan fingerprint density at radius 3 is 1.89 bits per heavy atom. The average Bonchev–Trinajstić information content (AvgIpc) is 2.36. The fourth-order valence-electron chi connectivity index (χ4n) is 1.11. The number of aliphatic imine (C=N–C) groups is 1. The second-order valence-corrected chi connectivity index (χ2v) is 3.34. The maximum atomic E-state index is 13.2. The van der Waals surface area contributed by atoms with Gasteiger partial charge in [-0.05, 0) is 6.42 Å². The third kappa shape index (κ3) is 2.69. The quantitative estimate of drug-likeness (QED) is 0.291. The number of hydrogen-bond donors (Lipinski definition) is 2. The molecular formula is C10H10F5N3. The molecule has 0 amide bonds. The number of rotatable bonds is 3. The second kappa shape index (κ2) is 5.65. The first-order chi connectivity index (χ1) is 8.40. The maximum Gasteiger partial charge on any atom is 0.200 e. The van der Waals surface area contributed by atoms with Crippen LogP contribution in [0.3, 0.4) is 0 Å². The lowest BCUT2D eigenvalue weighted by Crippen LogP contribution is -2.25. The summed E-state index contributed by atoms with van der Waals surface area (Å²) in [7, 11) is 0. The van der Waals surface area contributed by atoms with Crippen molar-refractivity contribution in [3.63, 3.8) is 0 Å². The molecule has 0 unspecified atom stereocenters. The maximum absolute atomic E-state index is 13.2. The van der Waals surface area contributed by atoms with Crippen molar-refractivity contribution in [2.75, 3.05) is 11.9 Å². The molecule has 100 valence electrons. The highest BCUT2D eigenvalue weighted by molar-refractivity contribution is 5.92. The van der Waals surface area contributed by atoms with E-state index in [0.717, 1.165) is 0 Å². The van der Waals surface area contributed by atoms with E-state index in [0.29, 0.717) is 6.42 Å². The normalized spacial score (nSPS) is 11.8. The molecule has 0 aliphatic rings. The molecule has 0 radical (unpaired) electrons. The Kier molecular flexibility index (Phi) is 4.46. The van der Waals surface area contributed by atoms with E-state index in [4.69, 9.17) is 5.73 Å². The minimum Gasteiger partial charge on any atom is -0.370 e. The molecule has 18 heavy (non-hydrogen) atoms. The zero-order chi connectivity index (χ0) is 13.9. The molecule has 0 saturated heterocycles. The fraction of sp³-hybridized carbons (Fsp3) is 0.300. The van der Waals surface area contributed by atoms with Crippen LogP contribution in [0.5, 0.6) is 0 Å². The van der Waals surface area contributed by atoms with Crippen molar-refractivity contribution in [2.24, 2.45) is 10.7 Å². The van der Waals surface area contributed by atoms with Crippen molar-refractivity contribution in [1.29, 1.82) is 0 Å². The number of guanidine groups is 1. The largest absolute Gasteiger partial charge is 0.370 e. The Morgan fingerprint density at radius 1 is 1.00 bits per heavy atom. The second-order valence-electron chi connectivity index (χ2n) is 3.34. The van der Waals surface area contributed by atoms with Crippen LogP contribution in [-0.4, -0.2) is 12.5 Å². The standard InChI is InChI=1S/C10H10F5N3/c1-2-3-17-10(16)18-9-7(14)5(12)4(11)6(13)8(9)15/h2-3H2,1H3,(H3,16,17,18). The minimum atomic E-state index is -2.22. The molecule has 0 saturated carbocycles. The monoisotopic (exact) mass is 267 g/mol. The Morgan fingerprint density at radius 2 is 1.44 bits per heavy atom. The first kappa shape index (κ1) is 14.2. The van der Waals surface area contributed by atoms with Gasteiger partial charge in [-0.25, -0.2) is 22.0 Å². The van der Waals surface area contributed by atoms with Gasteiger partial charge in [-0.3, -0.25) is 4.99 Å². The van der Waals surface area contributed by atoms with Crippen molar-refractivity contribution >= 4 is 11.6 Å². The molecule has 3 nitrogen and oxygen atoms in total. The van der Waals surface area contributed by atoms with Crippen LogP contribution in [0.4, 0.5) is 27.6 Å². The molecule has 3 N–H and O–H groups in total. The molecule has 1 rings (SSSR count). The third-order valence-corrected chi connectivity index (χ3v) is 1.97. The Balaban J connectivity index is 3.18. The summed E-state index contributed by atoms with van der Waals surface area (Å²) in [6.45, 7) is 2.03. The summed E-state index contributed by atoms with van der Waals surface area (Å²) in [5.74, 6) is -10.7. The van der Waals surface area contributed by atoms with E-state index >= 15 is 0 Å². The molecule has 1 aromatic carbocycles.